The number of pyridine rings is 1. The molecule has 0 aromatic carbocycles. The van der Waals surface area contributed by atoms with Crippen molar-refractivity contribution >= 4 is 51.7 Å². The molecule has 6 nitrogen and oxygen atoms in total. The summed E-state index contributed by atoms with van der Waals surface area (Å²) in [4.78, 5) is 32.7. The summed E-state index contributed by atoms with van der Waals surface area (Å²) in [6, 6.07) is 5.42. The lowest BCUT2D eigenvalue weighted by Gasteiger charge is -2.14. The number of thiocarbonyl (C=S) groups is 1. The molecule has 3 heterocycles. The Morgan fingerprint density at radius 3 is 2.76 bits per heavy atom. The van der Waals surface area contributed by atoms with Gasteiger partial charge in [-0.2, -0.15) is 0 Å². The largest absolute Gasteiger partial charge is 0.369 e. The number of unbranched alkanes of at least 4 members (excludes halogenated alkanes) is 3. The van der Waals surface area contributed by atoms with E-state index in [1.54, 1.807) is 29.3 Å². The minimum absolute atomic E-state index is 0.129. The summed E-state index contributed by atoms with van der Waals surface area (Å²) >= 11 is 6.67. The van der Waals surface area contributed by atoms with Crippen LogP contribution in [0.4, 0.5) is 5.82 Å². The van der Waals surface area contributed by atoms with Crippen LogP contribution in [0.1, 0.15) is 51.5 Å². The van der Waals surface area contributed by atoms with Crippen molar-refractivity contribution in [1.82, 2.24) is 14.3 Å². The monoisotopic (exact) mass is 430 g/mol. The molecule has 0 aliphatic carbocycles. The fourth-order valence-electron chi connectivity index (χ4n) is 3.13. The predicted octanol–water partition coefficient (Wildman–Crippen LogP) is 4.30. The summed E-state index contributed by atoms with van der Waals surface area (Å²) in [5.74, 6) is 0.367. The molecule has 0 saturated carbocycles. The zero-order valence-electron chi connectivity index (χ0n) is 16.8. The third kappa shape index (κ3) is 4.87. The molecule has 1 fully saturated rings. The van der Waals surface area contributed by atoms with E-state index < -0.39 is 0 Å². The molecule has 0 radical (unpaired) electrons. The van der Waals surface area contributed by atoms with E-state index in [1.807, 2.05) is 13.0 Å². The van der Waals surface area contributed by atoms with E-state index in [1.165, 1.54) is 16.2 Å². The van der Waals surface area contributed by atoms with Gasteiger partial charge in [0.15, 0.2) is 0 Å². The van der Waals surface area contributed by atoms with Gasteiger partial charge in [0, 0.05) is 19.3 Å². The zero-order valence-corrected chi connectivity index (χ0v) is 18.4. The number of anilines is 1. The first-order chi connectivity index (χ1) is 14.1. The van der Waals surface area contributed by atoms with E-state index in [4.69, 9.17) is 12.2 Å². The molecule has 1 saturated heterocycles. The molecule has 1 amide bonds. The van der Waals surface area contributed by atoms with Crippen LogP contribution in [-0.2, 0) is 4.79 Å². The summed E-state index contributed by atoms with van der Waals surface area (Å²) in [5.41, 5.74) is 0.743. The number of hydrogen-bond donors (Lipinski definition) is 1. The van der Waals surface area contributed by atoms with Gasteiger partial charge >= 0.3 is 0 Å². The number of nitrogens with one attached hydrogen (secondary N) is 1. The summed E-state index contributed by atoms with van der Waals surface area (Å²) in [6.45, 7) is 5.51. The second-order valence-corrected chi connectivity index (χ2v) is 8.60. The van der Waals surface area contributed by atoms with Crippen molar-refractivity contribution in [2.75, 3.05) is 18.4 Å². The highest BCUT2D eigenvalue weighted by Gasteiger charge is 2.32. The average Bonchev–Trinajstić information content (AvgIpc) is 2.99. The number of fused-ring (bicyclic) bond motifs is 1. The maximum atomic E-state index is 13.1. The Kier molecular flexibility index (Phi) is 7.44. The SMILES string of the molecule is CCCCCCN1C(=O)C(=Cc2c(NCCC)nc3ccccn3c2=O)SC1=S. The van der Waals surface area contributed by atoms with Gasteiger partial charge in [-0.25, -0.2) is 4.98 Å². The molecule has 0 unspecified atom stereocenters. The van der Waals surface area contributed by atoms with Crippen LogP contribution < -0.4 is 10.9 Å². The standard InChI is InChI=1S/C21H26N4O2S2/c1-3-5-6-8-13-25-20(27)16(29-21(25)28)14-15-18(22-11-4-2)23-17-10-7-9-12-24(17)19(15)26/h7,9-10,12,14,22H,3-6,8,11,13H2,1-2H3. The first-order valence-corrected chi connectivity index (χ1v) is 11.3. The van der Waals surface area contributed by atoms with Crippen molar-refractivity contribution in [2.24, 2.45) is 0 Å². The Bertz CT molecular complexity index is 1000. The lowest BCUT2D eigenvalue weighted by molar-refractivity contribution is -0.122. The molecule has 29 heavy (non-hydrogen) atoms. The Hall–Kier alpha value is -2.19. The molecule has 154 valence electrons. The Balaban J connectivity index is 1.94. The van der Waals surface area contributed by atoms with Gasteiger partial charge in [0.1, 0.15) is 15.8 Å². The fourth-order valence-corrected chi connectivity index (χ4v) is 4.42. The molecule has 0 spiro atoms. The van der Waals surface area contributed by atoms with Crippen LogP contribution in [0, 0.1) is 0 Å². The number of hydrogen-bond acceptors (Lipinski definition) is 6. The minimum Gasteiger partial charge on any atom is -0.369 e. The molecular formula is C21H26N4O2S2. The van der Waals surface area contributed by atoms with E-state index in [9.17, 15) is 9.59 Å². The molecule has 3 rings (SSSR count). The topological polar surface area (TPSA) is 66.7 Å². The van der Waals surface area contributed by atoms with Crippen LogP contribution >= 0.6 is 24.0 Å². The van der Waals surface area contributed by atoms with Crippen molar-refractivity contribution in [1.29, 1.82) is 0 Å². The molecule has 2 aromatic heterocycles. The number of aromatic nitrogens is 2. The van der Waals surface area contributed by atoms with Crippen LogP contribution in [0.3, 0.4) is 0 Å². The van der Waals surface area contributed by atoms with Crippen LogP contribution in [0.2, 0.25) is 0 Å². The van der Waals surface area contributed by atoms with Gasteiger partial charge in [0.2, 0.25) is 0 Å². The predicted molar refractivity (Wildman–Crippen MR) is 124 cm³/mol. The van der Waals surface area contributed by atoms with E-state index in [0.29, 0.717) is 39.3 Å². The van der Waals surface area contributed by atoms with Crippen molar-refractivity contribution < 1.29 is 4.79 Å². The lowest BCUT2D eigenvalue weighted by atomic mass is 10.2. The Morgan fingerprint density at radius 1 is 1.17 bits per heavy atom. The lowest BCUT2D eigenvalue weighted by Crippen LogP contribution is -2.29. The number of rotatable bonds is 9. The second-order valence-electron chi connectivity index (χ2n) is 6.93. The van der Waals surface area contributed by atoms with Crippen LogP contribution in [-0.4, -0.2) is 37.6 Å². The summed E-state index contributed by atoms with van der Waals surface area (Å²) in [6.07, 6.45) is 8.52. The number of carbonyl (C=O) groups excluding carboxylic acids is 1. The van der Waals surface area contributed by atoms with E-state index >= 15 is 0 Å². The summed E-state index contributed by atoms with van der Waals surface area (Å²) in [5, 5.41) is 3.22. The van der Waals surface area contributed by atoms with Crippen molar-refractivity contribution in [2.45, 2.75) is 46.0 Å². The van der Waals surface area contributed by atoms with Gasteiger partial charge in [-0.15, -0.1) is 0 Å². The fraction of sp³-hybridized carbons (Fsp3) is 0.429. The molecule has 1 aliphatic rings. The highest BCUT2D eigenvalue weighted by Crippen LogP contribution is 2.33. The average molecular weight is 431 g/mol. The van der Waals surface area contributed by atoms with Gasteiger partial charge < -0.3 is 5.32 Å². The molecular weight excluding hydrogens is 404 g/mol. The van der Waals surface area contributed by atoms with E-state index in [0.717, 1.165) is 32.1 Å². The number of carbonyl (C=O) groups is 1. The quantitative estimate of drug-likeness (QED) is 0.364. The number of nitrogens with zero attached hydrogens (tertiary/aromatic N) is 3. The zero-order chi connectivity index (χ0) is 20.8. The Labute approximate surface area is 180 Å². The Morgan fingerprint density at radius 2 is 2.00 bits per heavy atom. The minimum atomic E-state index is -0.206. The van der Waals surface area contributed by atoms with Crippen LogP contribution in [0.5, 0.6) is 0 Å². The normalized spacial score (nSPS) is 15.7. The van der Waals surface area contributed by atoms with Gasteiger partial charge in [-0.3, -0.25) is 18.9 Å². The van der Waals surface area contributed by atoms with Crippen molar-refractivity contribution in [3.05, 3.63) is 45.2 Å². The highest BCUT2D eigenvalue weighted by atomic mass is 32.2. The molecule has 1 N–H and O–H groups in total. The molecule has 1 aliphatic heterocycles. The van der Waals surface area contributed by atoms with E-state index in [-0.39, 0.29) is 11.5 Å². The van der Waals surface area contributed by atoms with E-state index in [2.05, 4.69) is 17.2 Å². The van der Waals surface area contributed by atoms with Crippen LogP contribution in [0.15, 0.2) is 34.1 Å². The van der Waals surface area contributed by atoms with Crippen molar-refractivity contribution in [3.63, 3.8) is 0 Å². The molecule has 0 bridgehead atoms. The van der Waals surface area contributed by atoms with Gasteiger partial charge in [-0.1, -0.05) is 63.2 Å². The van der Waals surface area contributed by atoms with Gasteiger partial charge in [-0.05, 0) is 31.1 Å². The van der Waals surface area contributed by atoms with Gasteiger partial charge in [0.05, 0.1) is 10.5 Å². The summed E-state index contributed by atoms with van der Waals surface area (Å²) < 4.78 is 2.05. The molecule has 2 aromatic rings. The second kappa shape index (κ2) is 10.0. The molecule has 0 atom stereocenters. The number of amides is 1. The first-order valence-electron chi connectivity index (χ1n) is 10.1. The van der Waals surface area contributed by atoms with Crippen LogP contribution in [0.25, 0.3) is 11.7 Å². The molecule has 8 heteroatoms. The highest BCUT2D eigenvalue weighted by molar-refractivity contribution is 8.26. The maximum Gasteiger partial charge on any atom is 0.267 e. The third-order valence-electron chi connectivity index (χ3n) is 4.70. The summed E-state index contributed by atoms with van der Waals surface area (Å²) in [7, 11) is 0. The maximum absolute atomic E-state index is 13.1. The number of thioether (sulfide) groups is 1. The smallest absolute Gasteiger partial charge is 0.267 e. The third-order valence-corrected chi connectivity index (χ3v) is 6.07. The van der Waals surface area contributed by atoms with Crippen molar-refractivity contribution in [3.8, 4) is 0 Å². The van der Waals surface area contributed by atoms with Gasteiger partial charge in [0.25, 0.3) is 11.5 Å². The first kappa shape index (κ1) is 21.5.